The molecule has 0 unspecified atom stereocenters. The molecule has 1 aromatic heterocycles. The van der Waals surface area contributed by atoms with Gasteiger partial charge in [0.2, 0.25) is 0 Å². The maximum absolute atomic E-state index is 13.5. The van der Waals surface area contributed by atoms with Gasteiger partial charge in [0.25, 0.3) is 0 Å². The molecule has 0 radical (unpaired) electrons. The number of ether oxygens (including phenoxy) is 1. The highest BCUT2D eigenvalue weighted by atomic mass is 19.1. The molecule has 0 atom stereocenters. The van der Waals surface area contributed by atoms with Gasteiger partial charge in [0, 0.05) is 0 Å². The number of aromatic nitrogens is 4. The van der Waals surface area contributed by atoms with E-state index in [0.29, 0.717) is 5.82 Å². The van der Waals surface area contributed by atoms with Crippen LogP contribution in [0, 0.1) is 5.82 Å². The largest absolute Gasteiger partial charge is 0.482 e. The van der Waals surface area contributed by atoms with Gasteiger partial charge in [-0.2, -0.15) is 4.68 Å². The summed E-state index contributed by atoms with van der Waals surface area (Å²) in [5, 5.41) is 11.4. The molecule has 0 aliphatic carbocycles. The zero-order valence-electron chi connectivity index (χ0n) is 10.5. The molecule has 0 N–H and O–H groups in total. The summed E-state index contributed by atoms with van der Waals surface area (Å²) in [6.07, 6.45) is 0. The first-order chi connectivity index (χ1) is 9.84. The van der Waals surface area contributed by atoms with Crippen molar-refractivity contribution in [3.63, 3.8) is 0 Å². The fourth-order valence-electron chi connectivity index (χ4n) is 1.77. The van der Waals surface area contributed by atoms with Crippen molar-refractivity contribution in [1.82, 2.24) is 20.2 Å². The van der Waals surface area contributed by atoms with Crippen LogP contribution >= 0.6 is 0 Å². The minimum absolute atomic E-state index is 0.0861. The molecule has 0 aliphatic heterocycles. The number of halogens is 1. The molecule has 1 heterocycles. The third kappa shape index (κ3) is 2.49. The van der Waals surface area contributed by atoms with E-state index >= 15 is 0 Å². The van der Waals surface area contributed by atoms with Gasteiger partial charge in [-0.3, -0.25) is 0 Å². The number of nitrogens with zero attached hydrogens (tertiary/aromatic N) is 4. The number of benzene rings is 2. The average molecular weight is 270 g/mol. The Hall–Kier alpha value is -2.76. The summed E-state index contributed by atoms with van der Waals surface area (Å²) >= 11 is 0. The van der Waals surface area contributed by atoms with E-state index in [9.17, 15) is 4.39 Å². The van der Waals surface area contributed by atoms with E-state index in [1.165, 1.54) is 6.07 Å². The molecule has 6 heteroatoms. The van der Waals surface area contributed by atoms with Gasteiger partial charge in [0.1, 0.15) is 6.61 Å². The normalized spacial score (nSPS) is 10.4. The number of rotatable bonds is 4. The highest BCUT2D eigenvalue weighted by molar-refractivity contribution is 5.30. The molecule has 0 bridgehead atoms. The Kier molecular flexibility index (Phi) is 3.36. The average Bonchev–Trinajstić information content (AvgIpc) is 2.96. The van der Waals surface area contributed by atoms with Crippen molar-refractivity contribution >= 4 is 0 Å². The minimum Gasteiger partial charge on any atom is -0.482 e. The third-order valence-electron chi connectivity index (χ3n) is 2.73. The fraction of sp³-hybridized carbons (Fsp3) is 0.0714. The third-order valence-corrected chi connectivity index (χ3v) is 2.73. The topological polar surface area (TPSA) is 52.8 Å². The summed E-state index contributed by atoms with van der Waals surface area (Å²) < 4.78 is 20.4. The quantitative estimate of drug-likeness (QED) is 0.730. The number of tetrazole rings is 1. The Balaban J connectivity index is 1.80. The summed E-state index contributed by atoms with van der Waals surface area (Å²) in [6, 6.07) is 15.7. The molecule has 0 amide bonds. The zero-order valence-corrected chi connectivity index (χ0v) is 10.5. The molecule has 0 fully saturated rings. The van der Waals surface area contributed by atoms with Crippen molar-refractivity contribution in [2.24, 2.45) is 0 Å². The second-order valence-electron chi connectivity index (χ2n) is 4.06. The highest BCUT2D eigenvalue weighted by Crippen LogP contribution is 2.17. The fourth-order valence-corrected chi connectivity index (χ4v) is 1.77. The summed E-state index contributed by atoms with van der Waals surface area (Å²) in [4.78, 5) is 0. The Morgan fingerprint density at radius 1 is 1.00 bits per heavy atom. The van der Waals surface area contributed by atoms with Crippen molar-refractivity contribution in [2.75, 3.05) is 0 Å². The van der Waals surface area contributed by atoms with Gasteiger partial charge in [-0.25, -0.2) is 4.39 Å². The summed E-state index contributed by atoms with van der Waals surface area (Å²) in [7, 11) is 0. The Labute approximate surface area is 114 Å². The molecule has 5 nitrogen and oxygen atoms in total. The van der Waals surface area contributed by atoms with Crippen LogP contribution in [0.2, 0.25) is 0 Å². The summed E-state index contributed by atoms with van der Waals surface area (Å²) in [6.45, 7) is 0.0861. The Bertz CT molecular complexity index is 699. The van der Waals surface area contributed by atoms with Gasteiger partial charge in [-0.05, 0) is 34.7 Å². The van der Waals surface area contributed by atoms with Crippen molar-refractivity contribution in [2.45, 2.75) is 6.61 Å². The van der Waals surface area contributed by atoms with Gasteiger partial charge in [-0.1, -0.05) is 30.3 Å². The van der Waals surface area contributed by atoms with Crippen LogP contribution < -0.4 is 4.74 Å². The zero-order chi connectivity index (χ0) is 13.8. The monoisotopic (exact) mass is 270 g/mol. The Morgan fingerprint density at radius 3 is 2.55 bits per heavy atom. The molecular weight excluding hydrogens is 259 g/mol. The van der Waals surface area contributed by atoms with Gasteiger partial charge < -0.3 is 4.74 Å². The molecule has 0 saturated carbocycles. The predicted molar refractivity (Wildman–Crippen MR) is 69.9 cm³/mol. The lowest BCUT2D eigenvalue weighted by Crippen LogP contribution is -2.07. The van der Waals surface area contributed by atoms with Gasteiger partial charge in [0.05, 0.1) is 5.69 Å². The summed E-state index contributed by atoms with van der Waals surface area (Å²) in [5.74, 6) is 0.265. The van der Waals surface area contributed by atoms with E-state index in [2.05, 4.69) is 15.5 Å². The maximum Gasteiger partial charge on any atom is 0.194 e. The van der Waals surface area contributed by atoms with Crippen molar-refractivity contribution in [3.8, 4) is 11.4 Å². The van der Waals surface area contributed by atoms with Crippen molar-refractivity contribution < 1.29 is 9.13 Å². The van der Waals surface area contributed by atoms with Crippen LogP contribution in [0.1, 0.15) is 5.82 Å². The van der Waals surface area contributed by atoms with Crippen LogP contribution in [-0.2, 0) is 6.61 Å². The summed E-state index contributed by atoms with van der Waals surface area (Å²) in [5.41, 5.74) is 0.824. The SMILES string of the molecule is Fc1ccccc1OCc1nnnn1-c1ccccc1. The molecule has 20 heavy (non-hydrogen) atoms. The first kappa shape index (κ1) is 12.3. The van der Waals surface area contributed by atoms with E-state index in [4.69, 9.17) is 4.74 Å². The highest BCUT2D eigenvalue weighted by Gasteiger charge is 2.10. The van der Waals surface area contributed by atoms with Crippen molar-refractivity contribution in [3.05, 3.63) is 66.2 Å². The smallest absolute Gasteiger partial charge is 0.194 e. The first-order valence-corrected chi connectivity index (χ1v) is 6.04. The Morgan fingerprint density at radius 2 is 1.75 bits per heavy atom. The van der Waals surface area contributed by atoms with Crippen LogP contribution in [0.4, 0.5) is 4.39 Å². The van der Waals surface area contributed by atoms with E-state index in [0.717, 1.165) is 5.69 Å². The molecule has 3 rings (SSSR count). The van der Waals surface area contributed by atoms with Crippen LogP contribution in [0.15, 0.2) is 54.6 Å². The molecule has 0 saturated heterocycles. The number of hydrogen-bond acceptors (Lipinski definition) is 4. The van der Waals surface area contributed by atoms with Gasteiger partial charge in [-0.15, -0.1) is 5.10 Å². The molecular formula is C14H11FN4O. The molecule has 2 aromatic carbocycles. The number of hydrogen-bond donors (Lipinski definition) is 0. The van der Waals surface area contributed by atoms with E-state index in [1.54, 1.807) is 22.9 Å². The molecule has 3 aromatic rings. The number of para-hydroxylation sites is 2. The molecule has 0 aliphatic rings. The lowest BCUT2D eigenvalue weighted by atomic mass is 10.3. The predicted octanol–water partition coefficient (Wildman–Crippen LogP) is 2.38. The van der Waals surface area contributed by atoms with E-state index in [1.807, 2.05) is 30.3 Å². The van der Waals surface area contributed by atoms with E-state index in [-0.39, 0.29) is 12.4 Å². The first-order valence-electron chi connectivity index (χ1n) is 6.04. The second-order valence-corrected chi connectivity index (χ2v) is 4.06. The molecule has 0 spiro atoms. The maximum atomic E-state index is 13.5. The standard InChI is InChI=1S/C14H11FN4O/c15-12-8-4-5-9-13(12)20-10-14-16-17-18-19(14)11-6-2-1-3-7-11/h1-9H,10H2. The lowest BCUT2D eigenvalue weighted by Gasteiger charge is -2.07. The van der Waals surface area contributed by atoms with Crippen LogP contribution in [0.5, 0.6) is 5.75 Å². The van der Waals surface area contributed by atoms with Crippen LogP contribution in [0.25, 0.3) is 5.69 Å². The van der Waals surface area contributed by atoms with Crippen molar-refractivity contribution in [1.29, 1.82) is 0 Å². The lowest BCUT2D eigenvalue weighted by molar-refractivity contribution is 0.278. The van der Waals surface area contributed by atoms with Gasteiger partial charge >= 0.3 is 0 Å². The molecule has 100 valence electrons. The minimum atomic E-state index is -0.411. The van der Waals surface area contributed by atoms with E-state index < -0.39 is 5.82 Å². The van der Waals surface area contributed by atoms with Crippen LogP contribution in [-0.4, -0.2) is 20.2 Å². The van der Waals surface area contributed by atoms with Gasteiger partial charge in [0.15, 0.2) is 17.4 Å². The van der Waals surface area contributed by atoms with Crippen LogP contribution in [0.3, 0.4) is 0 Å². The second kappa shape index (κ2) is 5.48.